The monoisotopic (exact) mass is 331 g/mol. The molecule has 1 aliphatic rings. The third-order valence-corrected chi connectivity index (χ3v) is 4.05. The highest BCUT2D eigenvalue weighted by atomic mass is 16.5. The van der Waals surface area contributed by atoms with Gasteiger partial charge >= 0.3 is 0 Å². The van der Waals surface area contributed by atoms with Gasteiger partial charge in [0.05, 0.1) is 20.2 Å². The van der Waals surface area contributed by atoms with Gasteiger partial charge in [0.2, 0.25) is 5.89 Å². The zero-order valence-corrected chi connectivity index (χ0v) is 13.6. The third kappa shape index (κ3) is 3.72. The summed E-state index contributed by atoms with van der Waals surface area (Å²) in [5.74, 6) is 1.86. The second kappa shape index (κ2) is 7.41. The second-order valence-electron chi connectivity index (χ2n) is 5.61. The van der Waals surface area contributed by atoms with Crippen molar-refractivity contribution in [3.8, 4) is 5.75 Å². The molecular weight excluding hydrogens is 310 g/mol. The van der Waals surface area contributed by atoms with Crippen LogP contribution >= 0.6 is 0 Å². The van der Waals surface area contributed by atoms with Gasteiger partial charge in [0.15, 0.2) is 5.82 Å². The maximum atomic E-state index is 12.5. The van der Waals surface area contributed by atoms with E-state index in [0.29, 0.717) is 36.9 Å². The van der Waals surface area contributed by atoms with Crippen LogP contribution in [-0.2, 0) is 13.1 Å². The molecule has 0 radical (unpaired) electrons. The lowest BCUT2D eigenvalue weighted by Gasteiger charge is -2.34. The number of benzene rings is 1. The third-order valence-electron chi connectivity index (χ3n) is 4.05. The molecule has 8 heteroatoms. The maximum absolute atomic E-state index is 12.5. The SMILES string of the molecule is COc1ccc(C(=O)N2CCN(Cc3noc(CN)n3)CC2)cc1. The Labute approximate surface area is 140 Å². The summed E-state index contributed by atoms with van der Waals surface area (Å²) in [7, 11) is 1.61. The van der Waals surface area contributed by atoms with Gasteiger partial charge < -0.3 is 19.9 Å². The molecule has 128 valence electrons. The number of ether oxygens (including phenoxy) is 1. The molecule has 0 unspecified atom stereocenters. The summed E-state index contributed by atoms with van der Waals surface area (Å²) in [5.41, 5.74) is 6.14. The van der Waals surface area contributed by atoms with Crippen molar-refractivity contribution in [1.82, 2.24) is 19.9 Å². The first-order valence-corrected chi connectivity index (χ1v) is 7.87. The largest absolute Gasteiger partial charge is 0.497 e. The summed E-state index contributed by atoms with van der Waals surface area (Å²) in [6.45, 7) is 3.74. The van der Waals surface area contributed by atoms with Gasteiger partial charge in [0.25, 0.3) is 5.91 Å². The van der Waals surface area contributed by atoms with E-state index in [-0.39, 0.29) is 12.5 Å². The number of methoxy groups -OCH3 is 1. The first kappa shape index (κ1) is 16.4. The quantitative estimate of drug-likeness (QED) is 0.851. The van der Waals surface area contributed by atoms with E-state index in [1.54, 1.807) is 31.4 Å². The van der Waals surface area contributed by atoms with Crippen LogP contribution < -0.4 is 10.5 Å². The average molecular weight is 331 g/mol. The number of hydrogen-bond acceptors (Lipinski definition) is 7. The predicted molar refractivity (Wildman–Crippen MR) is 86.4 cm³/mol. The molecule has 3 rings (SSSR count). The number of nitrogens with zero attached hydrogens (tertiary/aromatic N) is 4. The molecule has 0 atom stereocenters. The van der Waals surface area contributed by atoms with Gasteiger partial charge in [0, 0.05) is 31.7 Å². The van der Waals surface area contributed by atoms with Crippen molar-refractivity contribution >= 4 is 5.91 Å². The zero-order valence-electron chi connectivity index (χ0n) is 13.6. The number of rotatable bonds is 5. The number of piperazine rings is 1. The Balaban J connectivity index is 1.53. The number of amides is 1. The van der Waals surface area contributed by atoms with Crippen molar-refractivity contribution in [2.75, 3.05) is 33.3 Å². The Kier molecular flexibility index (Phi) is 5.07. The van der Waals surface area contributed by atoms with Crippen LogP contribution in [0.15, 0.2) is 28.8 Å². The van der Waals surface area contributed by atoms with E-state index in [0.717, 1.165) is 18.8 Å². The van der Waals surface area contributed by atoms with Gasteiger partial charge in [-0.15, -0.1) is 0 Å². The summed E-state index contributed by atoms with van der Waals surface area (Å²) in [4.78, 5) is 20.8. The molecule has 1 fully saturated rings. The molecule has 1 aromatic heterocycles. The fraction of sp³-hybridized carbons (Fsp3) is 0.438. The van der Waals surface area contributed by atoms with Gasteiger partial charge in [-0.05, 0) is 24.3 Å². The molecule has 24 heavy (non-hydrogen) atoms. The Hall–Kier alpha value is -2.45. The second-order valence-corrected chi connectivity index (χ2v) is 5.61. The van der Waals surface area contributed by atoms with Crippen LogP contribution in [0.1, 0.15) is 22.1 Å². The van der Waals surface area contributed by atoms with Crippen LogP contribution in [0.2, 0.25) is 0 Å². The molecule has 0 saturated carbocycles. The highest BCUT2D eigenvalue weighted by molar-refractivity contribution is 5.94. The lowest BCUT2D eigenvalue weighted by Crippen LogP contribution is -2.48. The summed E-state index contributed by atoms with van der Waals surface area (Å²) in [6.07, 6.45) is 0. The smallest absolute Gasteiger partial charge is 0.253 e. The first-order valence-electron chi connectivity index (χ1n) is 7.87. The van der Waals surface area contributed by atoms with E-state index in [4.69, 9.17) is 15.0 Å². The van der Waals surface area contributed by atoms with E-state index in [1.807, 2.05) is 4.90 Å². The highest BCUT2D eigenvalue weighted by Gasteiger charge is 2.23. The fourth-order valence-electron chi connectivity index (χ4n) is 2.66. The van der Waals surface area contributed by atoms with Crippen molar-refractivity contribution in [2.24, 2.45) is 5.73 Å². The molecule has 1 aromatic carbocycles. The minimum absolute atomic E-state index is 0.0438. The van der Waals surface area contributed by atoms with Crippen LogP contribution in [0, 0.1) is 0 Å². The summed E-state index contributed by atoms with van der Waals surface area (Å²) < 4.78 is 10.1. The maximum Gasteiger partial charge on any atom is 0.253 e. The van der Waals surface area contributed by atoms with Crippen LogP contribution in [0.25, 0.3) is 0 Å². The summed E-state index contributed by atoms with van der Waals surface area (Å²) in [6, 6.07) is 7.19. The van der Waals surface area contributed by atoms with Crippen molar-refractivity contribution < 1.29 is 14.1 Å². The van der Waals surface area contributed by atoms with Gasteiger partial charge in [-0.1, -0.05) is 5.16 Å². The van der Waals surface area contributed by atoms with E-state index in [1.165, 1.54) is 0 Å². The highest BCUT2D eigenvalue weighted by Crippen LogP contribution is 2.15. The molecule has 1 aliphatic heterocycles. The number of hydrogen-bond donors (Lipinski definition) is 1. The average Bonchev–Trinajstić information content (AvgIpc) is 3.09. The predicted octanol–water partition coefficient (Wildman–Crippen LogP) is 0.495. The van der Waals surface area contributed by atoms with Gasteiger partial charge in [-0.3, -0.25) is 9.69 Å². The lowest BCUT2D eigenvalue weighted by molar-refractivity contribution is 0.0624. The normalized spacial score (nSPS) is 15.5. The molecule has 2 heterocycles. The topological polar surface area (TPSA) is 97.7 Å². The van der Waals surface area contributed by atoms with Crippen molar-refractivity contribution in [2.45, 2.75) is 13.1 Å². The van der Waals surface area contributed by atoms with E-state index < -0.39 is 0 Å². The number of nitrogens with two attached hydrogens (primary N) is 1. The Morgan fingerprint density at radius 2 is 1.96 bits per heavy atom. The van der Waals surface area contributed by atoms with E-state index in [9.17, 15) is 4.79 Å². The molecule has 8 nitrogen and oxygen atoms in total. The van der Waals surface area contributed by atoms with Crippen LogP contribution in [-0.4, -0.2) is 59.1 Å². The molecule has 2 N–H and O–H groups in total. The molecule has 1 saturated heterocycles. The standard InChI is InChI=1S/C16H21N5O3/c1-23-13-4-2-12(3-5-13)16(22)21-8-6-20(7-9-21)11-14-18-15(10-17)24-19-14/h2-5H,6-11,17H2,1H3. The van der Waals surface area contributed by atoms with Gasteiger partial charge in [-0.25, -0.2) is 0 Å². The summed E-state index contributed by atoms with van der Waals surface area (Å²) in [5, 5.41) is 3.90. The van der Waals surface area contributed by atoms with Crippen molar-refractivity contribution in [3.05, 3.63) is 41.5 Å². The Bertz CT molecular complexity index is 677. The zero-order chi connectivity index (χ0) is 16.9. The molecule has 1 amide bonds. The minimum Gasteiger partial charge on any atom is -0.497 e. The van der Waals surface area contributed by atoms with E-state index >= 15 is 0 Å². The Morgan fingerprint density at radius 3 is 2.54 bits per heavy atom. The minimum atomic E-state index is 0.0438. The van der Waals surface area contributed by atoms with E-state index in [2.05, 4.69) is 15.0 Å². The van der Waals surface area contributed by atoms with Crippen molar-refractivity contribution in [3.63, 3.8) is 0 Å². The number of aromatic nitrogens is 2. The molecule has 0 aliphatic carbocycles. The number of carbonyl (C=O) groups is 1. The van der Waals surface area contributed by atoms with Gasteiger partial charge in [0.1, 0.15) is 5.75 Å². The van der Waals surface area contributed by atoms with Crippen LogP contribution in [0.5, 0.6) is 5.75 Å². The lowest BCUT2D eigenvalue weighted by atomic mass is 10.1. The van der Waals surface area contributed by atoms with Crippen LogP contribution in [0.3, 0.4) is 0 Å². The van der Waals surface area contributed by atoms with Crippen molar-refractivity contribution in [1.29, 1.82) is 0 Å². The fourth-order valence-corrected chi connectivity index (χ4v) is 2.66. The number of carbonyl (C=O) groups excluding carboxylic acids is 1. The summed E-state index contributed by atoms with van der Waals surface area (Å²) >= 11 is 0. The molecule has 0 bridgehead atoms. The molecule has 0 spiro atoms. The molecular formula is C16H21N5O3. The van der Waals surface area contributed by atoms with Crippen LogP contribution in [0.4, 0.5) is 0 Å². The first-order chi connectivity index (χ1) is 11.7. The Morgan fingerprint density at radius 1 is 1.25 bits per heavy atom. The molecule has 2 aromatic rings. The van der Waals surface area contributed by atoms with Gasteiger partial charge in [-0.2, -0.15) is 4.98 Å².